The molecule has 1 aromatic carbocycles. The summed E-state index contributed by atoms with van der Waals surface area (Å²) in [6.07, 6.45) is 4.31. The predicted molar refractivity (Wildman–Crippen MR) is 95.2 cm³/mol. The second-order valence-corrected chi connectivity index (χ2v) is 5.80. The van der Waals surface area contributed by atoms with E-state index in [9.17, 15) is 14.3 Å². The van der Waals surface area contributed by atoms with E-state index in [4.69, 9.17) is 23.8 Å². The summed E-state index contributed by atoms with van der Waals surface area (Å²) >= 11 is 11.1. The standard InChI is InChI=1S/C16H11ClFN3O2S/c1-2-5-21-15(23)9(14(22)20-16(21)24)6-8-7-19-13-11(18)4-3-10(17)12(8)13/h2-4,6-7,23H,1,5H2,(H,20,22,24). The summed E-state index contributed by atoms with van der Waals surface area (Å²) in [6.45, 7) is 3.80. The number of halogens is 2. The number of rotatable bonds is 3. The van der Waals surface area contributed by atoms with Gasteiger partial charge in [0.25, 0.3) is 5.56 Å². The molecule has 1 aromatic heterocycles. The van der Waals surface area contributed by atoms with Gasteiger partial charge >= 0.3 is 0 Å². The Kier molecular flexibility index (Phi) is 4.21. The molecule has 2 heterocycles. The summed E-state index contributed by atoms with van der Waals surface area (Å²) in [5.41, 5.74) is 0.286. The number of aromatic nitrogens is 2. The van der Waals surface area contributed by atoms with Crippen LogP contribution in [0.5, 0.6) is 5.88 Å². The third-order valence-corrected chi connectivity index (χ3v) is 4.15. The number of hydrogen-bond acceptors (Lipinski definition) is 4. The first-order valence-electron chi connectivity index (χ1n) is 6.85. The van der Waals surface area contributed by atoms with Crippen molar-refractivity contribution >= 4 is 47.4 Å². The average molecular weight is 364 g/mol. The first-order valence-corrected chi connectivity index (χ1v) is 7.63. The van der Waals surface area contributed by atoms with Crippen molar-refractivity contribution < 1.29 is 9.50 Å². The van der Waals surface area contributed by atoms with E-state index in [1.54, 1.807) is 0 Å². The highest BCUT2D eigenvalue weighted by Crippen LogP contribution is 2.39. The van der Waals surface area contributed by atoms with E-state index in [1.165, 1.54) is 35.1 Å². The van der Waals surface area contributed by atoms with Gasteiger partial charge in [0.15, 0.2) is 4.77 Å². The molecule has 0 unspecified atom stereocenters. The lowest BCUT2D eigenvalue weighted by Gasteiger charge is -2.09. The third-order valence-electron chi connectivity index (χ3n) is 3.52. The molecular formula is C16H11ClFN3O2S. The number of aliphatic imine (C=N–C) groups is 1. The summed E-state index contributed by atoms with van der Waals surface area (Å²) < 4.78 is 15.2. The third kappa shape index (κ3) is 2.61. The fourth-order valence-corrected chi connectivity index (χ4v) is 2.92. The largest absolute Gasteiger partial charge is 0.494 e. The molecule has 0 atom stereocenters. The smallest absolute Gasteiger partial charge is 0.262 e. The zero-order valence-corrected chi connectivity index (χ0v) is 13.8. The number of nitrogens with one attached hydrogen (secondary N) is 1. The van der Waals surface area contributed by atoms with Gasteiger partial charge < -0.3 is 5.11 Å². The van der Waals surface area contributed by atoms with Gasteiger partial charge in [-0.15, -0.1) is 6.58 Å². The van der Waals surface area contributed by atoms with Gasteiger partial charge in [-0.25, -0.2) is 4.39 Å². The number of aromatic amines is 1. The van der Waals surface area contributed by atoms with Crippen molar-refractivity contribution in [2.24, 2.45) is 4.99 Å². The van der Waals surface area contributed by atoms with Crippen LogP contribution in [0.15, 0.2) is 34.6 Å². The van der Waals surface area contributed by atoms with E-state index in [0.29, 0.717) is 16.2 Å². The van der Waals surface area contributed by atoms with Gasteiger partial charge in [-0.05, 0) is 30.4 Å². The quantitative estimate of drug-likeness (QED) is 0.642. The molecule has 0 saturated carbocycles. The zero-order chi connectivity index (χ0) is 17.4. The van der Waals surface area contributed by atoms with Crippen LogP contribution in [0.4, 0.5) is 10.1 Å². The van der Waals surface area contributed by atoms with E-state index in [-0.39, 0.29) is 28.4 Å². The number of hydrogen-bond donors (Lipinski definition) is 2. The Morgan fingerprint density at radius 2 is 2.25 bits per heavy atom. The predicted octanol–water partition coefficient (Wildman–Crippen LogP) is 3.85. The monoisotopic (exact) mass is 363 g/mol. The highest BCUT2D eigenvalue weighted by Gasteiger charge is 2.21. The van der Waals surface area contributed by atoms with Crippen LogP contribution in [0.1, 0.15) is 11.1 Å². The fourth-order valence-electron chi connectivity index (χ4n) is 2.41. The summed E-state index contributed by atoms with van der Waals surface area (Å²) in [7, 11) is 0. The molecule has 0 bridgehead atoms. The van der Waals surface area contributed by atoms with Crippen molar-refractivity contribution in [2.45, 2.75) is 6.54 Å². The molecular weight excluding hydrogens is 353 g/mol. The highest BCUT2D eigenvalue weighted by molar-refractivity contribution is 7.71. The maximum atomic E-state index is 13.8. The summed E-state index contributed by atoms with van der Waals surface area (Å²) in [4.78, 5) is 18.6. The van der Waals surface area contributed by atoms with Gasteiger partial charge in [0.2, 0.25) is 5.88 Å². The highest BCUT2D eigenvalue weighted by atomic mass is 35.5. The summed E-state index contributed by atoms with van der Waals surface area (Å²) in [5, 5.41) is 10.6. The minimum Gasteiger partial charge on any atom is -0.494 e. The van der Waals surface area contributed by atoms with Crippen LogP contribution in [-0.4, -0.2) is 20.9 Å². The van der Waals surface area contributed by atoms with Gasteiger partial charge in [0, 0.05) is 23.9 Å². The average Bonchev–Trinajstić information content (AvgIpc) is 2.96. The van der Waals surface area contributed by atoms with Crippen molar-refractivity contribution in [3.05, 3.63) is 61.9 Å². The molecule has 1 aliphatic heterocycles. The van der Waals surface area contributed by atoms with Crippen LogP contribution in [0, 0.1) is 10.6 Å². The van der Waals surface area contributed by atoms with Crippen molar-refractivity contribution in [1.29, 1.82) is 0 Å². The van der Waals surface area contributed by atoms with Gasteiger partial charge in [0.1, 0.15) is 17.1 Å². The van der Waals surface area contributed by atoms with E-state index >= 15 is 0 Å². The van der Waals surface area contributed by atoms with Crippen molar-refractivity contribution in [3.63, 3.8) is 0 Å². The number of benzene rings is 1. The van der Waals surface area contributed by atoms with Gasteiger partial charge in [-0.3, -0.25) is 19.3 Å². The fraction of sp³-hybridized carbons (Fsp3) is 0.0625. The molecule has 3 rings (SSSR count). The Balaban J connectivity index is 2.24. The van der Waals surface area contributed by atoms with E-state index in [0.717, 1.165) is 0 Å². The Labute approximate surface area is 146 Å². The van der Waals surface area contributed by atoms with E-state index in [2.05, 4.69) is 16.6 Å². The zero-order valence-electron chi connectivity index (χ0n) is 12.2. The minimum atomic E-state index is -0.570. The lowest BCUT2D eigenvalue weighted by atomic mass is 10.0. The second-order valence-electron chi connectivity index (χ2n) is 5.01. The van der Waals surface area contributed by atoms with E-state index in [1.807, 2.05) is 0 Å². The molecule has 0 saturated heterocycles. The van der Waals surface area contributed by atoms with Crippen molar-refractivity contribution in [2.75, 3.05) is 0 Å². The molecule has 0 radical (unpaired) electrons. The lowest BCUT2D eigenvalue weighted by molar-refractivity contribution is 0.413. The van der Waals surface area contributed by atoms with Crippen molar-refractivity contribution in [1.82, 2.24) is 9.55 Å². The molecule has 0 amide bonds. The molecule has 5 nitrogen and oxygen atoms in total. The maximum Gasteiger partial charge on any atom is 0.262 e. The van der Waals surface area contributed by atoms with Gasteiger partial charge in [-0.1, -0.05) is 17.7 Å². The molecule has 1 aliphatic rings. The van der Waals surface area contributed by atoms with Gasteiger partial charge in [0.05, 0.1) is 5.02 Å². The molecule has 2 N–H and O–H groups in total. The SMILES string of the molecule is C=CCn1c(O)c(C=C2C=Nc3c(F)ccc(Cl)c32)c(=O)[nH]c1=S. The number of H-pyrrole nitrogens is 1. The normalized spacial score (nSPS) is 14.2. The molecule has 0 fully saturated rings. The van der Waals surface area contributed by atoms with E-state index < -0.39 is 11.4 Å². The van der Waals surface area contributed by atoms with Crippen LogP contribution in [0.2, 0.25) is 5.02 Å². The van der Waals surface area contributed by atoms with Gasteiger partial charge in [-0.2, -0.15) is 0 Å². The topological polar surface area (TPSA) is 70.4 Å². The number of aromatic hydroxyl groups is 1. The number of allylic oxidation sites excluding steroid dienone is 2. The minimum absolute atomic E-state index is 0.0277. The molecule has 0 aliphatic carbocycles. The van der Waals surface area contributed by atoms with Crippen molar-refractivity contribution in [3.8, 4) is 5.88 Å². The number of nitrogens with zero attached hydrogens (tertiary/aromatic N) is 2. The van der Waals surface area contributed by atoms with Crippen LogP contribution in [-0.2, 0) is 6.54 Å². The van der Waals surface area contributed by atoms with Crippen LogP contribution in [0.3, 0.4) is 0 Å². The number of fused-ring (bicyclic) bond motifs is 1. The first-order chi connectivity index (χ1) is 11.4. The Bertz CT molecular complexity index is 1040. The maximum absolute atomic E-state index is 13.8. The molecule has 122 valence electrons. The summed E-state index contributed by atoms with van der Waals surface area (Å²) in [6, 6.07) is 2.63. The Hall–Kier alpha value is -2.51. The first kappa shape index (κ1) is 16.4. The summed E-state index contributed by atoms with van der Waals surface area (Å²) in [5.74, 6) is -0.833. The molecule has 8 heteroatoms. The molecule has 24 heavy (non-hydrogen) atoms. The van der Waals surface area contributed by atoms with Crippen LogP contribution >= 0.6 is 23.8 Å². The van der Waals surface area contributed by atoms with Crippen LogP contribution in [0.25, 0.3) is 11.6 Å². The lowest BCUT2D eigenvalue weighted by Crippen LogP contribution is -2.16. The Morgan fingerprint density at radius 3 is 2.96 bits per heavy atom. The molecule has 0 spiro atoms. The Morgan fingerprint density at radius 1 is 1.50 bits per heavy atom. The molecule has 2 aromatic rings. The second kappa shape index (κ2) is 6.18. The van der Waals surface area contributed by atoms with Crippen LogP contribution < -0.4 is 5.56 Å².